The summed E-state index contributed by atoms with van der Waals surface area (Å²) in [4.78, 5) is 7.20. The van der Waals surface area contributed by atoms with Gasteiger partial charge in [0.05, 0.1) is 11.2 Å². The van der Waals surface area contributed by atoms with E-state index in [4.69, 9.17) is 10.7 Å². The summed E-state index contributed by atoms with van der Waals surface area (Å²) in [5.74, 6) is 0. The largest absolute Gasteiger partial charge is 0.330 e. The first kappa shape index (κ1) is 12.6. The number of hydrogen-bond donors (Lipinski definition) is 1. The first-order valence-corrected chi connectivity index (χ1v) is 6.96. The molecule has 3 nitrogen and oxygen atoms in total. The summed E-state index contributed by atoms with van der Waals surface area (Å²) in [5, 5.41) is 1.21. The molecule has 1 aliphatic rings. The summed E-state index contributed by atoms with van der Waals surface area (Å²) in [6, 6.07) is 12.6. The maximum Gasteiger partial charge on any atom is 0.0705 e. The molecule has 0 radical (unpaired) electrons. The van der Waals surface area contributed by atoms with E-state index in [0.717, 1.165) is 37.4 Å². The number of pyridine rings is 1. The number of benzene rings is 1. The molecule has 0 saturated carbocycles. The smallest absolute Gasteiger partial charge is 0.0705 e. The second kappa shape index (κ2) is 4.91. The zero-order valence-electron chi connectivity index (χ0n) is 11.5. The van der Waals surface area contributed by atoms with Gasteiger partial charge in [0.25, 0.3) is 0 Å². The van der Waals surface area contributed by atoms with E-state index >= 15 is 0 Å². The molecular weight excluding hydrogens is 234 g/mol. The molecule has 0 aliphatic carbocycles. The SMILES string of the molecule is CC1(CN)CCN(Cc2ccc3ccccc3n2)C1. The van der Waals surface area contributed by atoms with Crippen molar-refractivity contribution < 1.29 is 0 Å². The topological polar surface area (TPSA) is 42.1 Å². The molecule has 1 aromatic heterocycles. The average Bonchev–Trinajstić information content (AvgIpc) is 2.81. The zero-order valence-corrected chi connectivity index (χ0v) is 11.5. The van der Waals surface area contributed by atoms with Crippen molar-refractivity contribution in [2.24, 2.45) is 11.1 Å². The van der Waals surface area contributed by atoms with E-state index in [-0.39, 0.29) is 5.41 Å². The molecule has 1 atom stereocenters. The fourth-order valence-corrected chi connectivity index (χ4v) is 2.85. The monoisotopic (exact) mass is 255 g/mol. The Morgan fingerprint density at radius 2 is 2.11 bits per heavy atom. The Hall–Kier alpha value is -1.45. The van der Waals surface area contributed by atoms with Gasteiger partial charge in [0.15, 0.2) is 0 Å². The number of likely N-dealkylation sites (tertiary alicyclic amines) is 1. The third-order valence-electron chi connectivity index (χ3n) is 4.17. The highest BCUT2D eigenvalue weighted by molar-refractivity contribution is 5.78. The van der Waals surface area contributed by atoms with Crippen molar-refractivity contribution in [1.29, 1.82) is 0 Å². The van der Waals surface area contributed by atoms with Gasteiger partial charge in [-0.2, -0.15) is 0 Å². The van der Waals surface area contributed by atoms with Crippen molar-refractivity contribution in [3.05, 3.63) is 42.1 Å². The van der Waals surface area contributed by atoms with Gasteiger partial charge in [0.2, 0.25) is 0 Å². The third-order valence-corrected chi connectivity index (χ3v) is 4.17. The van der Waals surface area contributed by atoms with Gasteiger partial charge in [-0.05, 0) is 37.1 Å². The molecule has 1 fully saturated rings. The molecule has 0 bridgehead atoms. The van der Waals surface area contributed by atoms with Crippen molar-refractivity contribution in [2.75, 3.05) is 19.6 Å². The van der Waals surface area contributed by atoms with E-state index in [9.17, 15) is 0 Å². The van der Waals surface area contributed by atoms with Gasteiger partial charge in [0.1, 0.15) is 0 Å². The van der Waals surface area contributed by atoms with Crippen LogP contribution in [-0.4, -0.2) is 29.5 Å². The summed E-state index contributed by atoms with van der Waals surface area (Å²) in [7, 11) is 0. The van der Waals surface area contributed by atoms with Gasteiger partial charge in [0, 0.05) is 18.5 Å². The third kappa shape index (κ3) is 2.62. The minimum atomic E-state index is 0.289. The Bertz CT molecular complexity index is 581. The van der Waals surface area contributed by atoms with Crippen LogP contribution in [0.15, 0.2) is 36.4 Å². The van der Waals surface area contributed by atoms with E-state index in [2.05, 4.69) is 42.2 Å². The molecule has 1 aliphatic heterocycles. The molecule has 3 heteroatoms. The van der Waals surface area contributed by atoms with Gasteiger partial charge in [-0.3, -0.25) is 9.88 Å². The second-order valence-corrected chi connectivity index (χ2v) is 5.97. The van der Waals surface area contributed by atoms with E-state index in [1.54, 1.807) is 0 Å². The quantitative estimate of drug-likeness (QED) is 0.915. The van der Waals surface area contributed by atoms with Crippen molar-refractivity contribution in [3.8, 4) is 0 Å². The van der Waals surface area contributed by atoms with Crippen LogP contribution in [0.1, 0.15) is 19.0 Å². The maximum absolute atomic E-state index is 5.86. The first-order valence-electron chi connectivity index (χ1n) is 6.96. The molecule has 2 heterocycles. The lowest BCUT2D eigenvalue weighted by molar-refractivity contribution is 0.272. The summed E-state index contributed by atoms with van der Waals surface area (Å²) in [6.45, 7) is 6.19. The van der Waals surface area contributed by atoms with Crippen LogP contribution in [0.25, 0.3) is 10.9 Å². The fraction of sp³-hybridized carbons (Fsp3) is 0.438. The Balaban J connectivity index is 1.75. The van der Waals surface area contributed by atoms with Crippen LogP contribution in [-0.2, 0) is 6.54 Å². The maximum atomic E-state index is 5.86. The van der Waals surface area contributed by atoms with Gasteiger partial charge >= 0.3 is 0 Å². The van der Waals surface area contributed by atoms with E-state index < -0.39 is 0 Å². The number of rotatable bonds is 3. The molecule has 0 amide bonds. The van der Waals surface area contributed by atoms with Crippen LogP contribution >= 0.6 is 0 Å². The van der Waals surface area contributed by atoms with Gasteiger partial charge in [-0.15, -0.1) is 0 Å². The molecule has 1 aromatic carbocycles. The summed E-state index contributed by atoms with van der Waals surface area (Å²) < 4.78 is 0. The van der Waals surface area contributed by atoms with E-state index in [0.29, 0.717) is 0 Å². The minimum absolute atomic E-state index is 0.289. The predicted octanol–water partition coefficient (Wildman–Crippen LogP) is 2.41. The first-order chi connectivity index (χ1) is 9.18. The lowest BCUT2D eigenvalue weighted by atomic mass is 9.90. The summed E-state index contributed by atoms with van der Waals surface area (Å²) in [5.41, 5.74) is 8.38. The molecule has 19 heavy (non-hydrogen) atoms. The van der Waals surface area contributed by atoms with Crippen LogP contribution < -0.4 is 5.73 Å². The molecule has 1 unspecified atom stereocenters. The Morgan fingerprint density at radius 3 is 2.89 bits per heavy atom. The van der Waals surface area contributed by atoms with Crippen LogP contribution in [0.5, 0.6) is 0 Å². The number of para-hydroxylation sites is 1. The molecule has 1 saturated heterocycles. The number of aromatic nitrogens is 1. The van der Waals surface area contributed by atoms with Crippen LogP contribution in [0.4, 0.5) is 0 Å². The molecular formula is C16H21N3. The van der Waals surface area contributed by atoms with Crippen LogP contribution in [0, 0.1) is 5.41 Å². The molecule has 100 valence electrons. The van der Waals surface area contributed by atoms with Crippen molar-refractivity contribution in [2.45, 2.75) is 19.9 Å². The van der Waals surface area contributed by atoms with Crippen molar-refractivity contribution in [3.63, 3.8) is 0 Å². The number of nitrogens with zero attached hydrogens (tertiary/aromatic N) is 2. The Labute approximate surface area is 114 Å². The molecule has 0 spiro atoms. The van der Waals surface area contributed by atoms with Crippen LogP contribution in [0.3, 0.4) is 0 Å². The number of hydrogen-bond acceptors (Lipinski definition) is 3. The Morgan fingerprint density at radius 1 is 1.26 bits per heavy atom. The minimum Gasteiger partial charge on any atom is -0.330 e. The number of fused-ring (bicyclic) bond motifs is 1. The highest BCUT2D eigenvalue weighted by atomic mass is 15.2. The lowest BCUT2D eigenvalue weighted by Crippen LogP contribution is -2.31. The fourth-order valence-electron chi connectivity index (χ4n) is 2.85. The van der Waals surface area contributed by atoms with Crippen LogP contribution in [0.2, 0.25) is 0 Å². The summed E-state index contributed by atoms with van der Waals surface area (Å²) >= 11 is 0. The van der Waals surface area contributed by atoms with Crippen molar-refractivity contribution in [1.82, 2.24) is 9.88 Å². The Kier molecular flexibility index (Phi) is 3.25. The second-order valence-electron chi connectivity index (χ2n) is 5.97. The average molecular weight is 255 g/mol. The molecule has 3 rings (SSSR count). The highest BCUT2D eigenvalue weighted by Crippen LogP contribution is 2.29. The van der Waals surface area contributed by atoms with E-state index in [1.165, 1.54) is 11.8 Å². The normalized spacial score (nSPS) is 24.1. The predicted molar refractivity (Wildman–Crippen MR) is 78.8 cm³/mol. The standard InChI is InChI=1S/C16H21N3/c1-16(11-17)8-9-19(12-16)10-14-7-6-13-4-2-3-5-15(13)18-14/h2-7H,8-12,17H2,1H3. The van der Waals surface area contributed by atoms with Gasteiger partial charge in [-0.1, -0.05) is 31.2 Å². The number of nitrogens with two attached hydrogens (primary N) is 1. The molecule has 2 N–H and O–H groups in total. The summed E-state index contributed by atoms with van der Waals surface area (Å²) in [6.07, 6.45) is 1.19. The van der Waals surface area contributed by atoms with E-state index in [1.807, 2.05) is 6.07 Å². The van der Waals surface area contributed by atoms with Gasteiger partial charge in [-0.25, -0.2) is 0 Å². The molecule has 2 aromatic rings. The zero-order chi connectivity index (χ0) is 13.3. The van der Waals surface area contributed by atoms with Gasteiger partial charge < -0.3 is 5.73 Å². The highest BCUT2D eigenvalue weighted by Gasteiger charge is 2.32. The van der Waals surface area contributed by atoms with Crippen molar-refractivity contribution >= 4 is 10.9 Å². The lowest BCUT2D eigenvalue weighted by Gasteiger charge is -2.22.